The summed E-state index contributed by atoms with van der Waals surface area (Å²) in [6, 6.07) is 5.34. The van der Waals surface area contributed by atoms with Gasteiger partial charge in [0.1, 0.15) is 6.54 Å². The molecule has 1 N–H and O–H groups in total. The highest BCUT2D eigenvalue weighted by Crippen LogP contribution is 2.28. The number of aliphatic carboxylic acids is 1. The summed E-state index contributed by atoms with van der Waals surface area (Å²) in [5, 5.41) is 8.62. The molecular weight excluding hydrogens is 274 g/mol. The fourth-order valence-corrected chi connectivity index (χ4v) is 1.64. The maximum atomic E-state index is 11.7. The number of carboxylic acid groups (broad SMARTS) is 1. The van der Waals surface area contributed by atoms with E-state index in [0.717, 1.165) is 10.5 Å². The van der Waals surface area contributed by atoms with Crippen molar-refractivity contribution < 1.29 is 24.2 Å². The molecule has 0 heterocycles. The third-order valence-electron chi connectivity index (χ3n) is 2.70. The molecule has 6 heteroatoms. The maximum Gasteiger partial charge on any atom is 0.323 e. The number of nitrogens with zero attached hydrogens (tertiary/aromatic N) is 1. The molecule has 1 aromatic carbocycles. The van der Waals surface area contributed by atoms with E-state index in [0.29, 0.717) is 11.5 Å². The van der Waals surface area contributed by atoms with Gasteiger partial charge in [-0.15, -0.1) is 0 Å². The third kappa shape index (κ3) is 5.18. The van der Waals surface area contributed by atoms with E-state index in [4.69, 9.17) is 14.6 Å². The fraction of sp³-hybridized carbons (Fsp3) is 0.333. The molecule has 0 radical (unpaired) electrons. The molecule has 0 spiro atoms. The maximum absolute atomic E-state index is 11.7. The van der Waals surface area contributed by atoms with Crippen molar-refractivity contribution in [2.75, 3.05) is 27.3 Å². The number of carbonyl (C=O) groups is 2. The Kier molecular flexibility index (Phi) is 6.26. The number of likely N-dealkylation sites (N-methyl/N-ethyl adjacent to an activating group) is 1. The summed E-state index contributed by atoms with van der Waals surface area (Å²) in [7, 11) is 2.92. The molecule has 0 saturated carbocycles. The Morgan fingerprint density at radius 2 is 2.05 bits per heavy atom. The molecule has 1 rings (SSSR count). The molecule has 1 amide bonds. The van der Waals surface area contributed by atoms with Gasteiger partial charge in [0.2, 0.25) is 0 Å². The number of hydrogen-bond acceptors (Lipinski definition) is 4. The van der Waals surface area contributed by atoms with Crippen molar-refractivity contribution in [3.05, 3.63) is 29.8 Å². The van der Waals surface area contributed by atoms with Crippen molar-refractivity contribution in [2.24, 2.45) is 0 Å². The van der Waals surface area contributed by atoms with Gasteiger partial charge in [0, 0.05) is 7.05 Å². The lowest BCUT2D eigenvalue weighted by Gasteiger charge is -2.16. The normalized spacial score (nSPS) is 10.4. The quantitative estimate of drug-likeness (QED) is 0.827. The summed E-state index contributed by atoms with van der Waals surface area (Å²) in [5.74, 6) is -0.543. The number of ether oxygens (including phenoxy) is 2. The monoisotopic (exact) mass is 293 g/mol. The Balaban J connectivity index is 2.70. The van der Waals surface area contributed by atoms with Crippen LogP contribution in [0.1, 0.15) is 12.5 Å². The molecule has 0 aliphatic carbocycles. The number of allylic oxidation sites excluding steroid dienone is 1. The van der Waals surface area contributed by atoms with Crippen LogP contribution in [0.25, 0.3) is 6.08 Å². The van der Waals surface area contributed by atoms with E-state index in [1.807, 2.05) is 25.1 Å². The number of carboxylic acids is 1. The van der Waals surface area contributed by atoms with Crippen LogP contribution < -0.4 is 9.47 Å². The van der Waals surface area contributed by atoms with Gasteiger partial charge in [-0.1, -0.05) is 18.2 Å². The van der Waals surface area contributed by atoms with Gasteiger partial charge in [0.25, 0.3) is 5.91 Å². The lowest BCUT2D eigenvalue weighted by Crippen LogP contribution is -2.35. The van der Waals surface area contributed by atoms with Crippen molar-refractivity contribution in [1.29, 1.82) is 0 Å². The Bertz CT molecular complexity index is 539. The van der Waals surface area contributed by atoms with Gasteiger partial charge in [-0.3, -0.25) is 9.59 Å². The predicted octanol–water partition coefficient (Wildman–Crippen LogP) is 1.65. The summed E-state index contributed by atoms with van der Waals surface area (Å²) in [6.07, 6.45) is 3.82. The van der Waals surface area contributed by atoms with Gasteiger partial charge >= 0.3 is 5.97 Å². The smallest absolute Gasteiger partial charge is 0.323 e. The first kappa shape index (κ1) is 16.6. The lowest BCUT2D eigenvalue weighted by molar-refractivity contribution is -0.144. The number of methoxy groups -OCH3 is 1. The standard InChI is InChI=1S/C15H19NO5/c1-4-5-11-6-7-12(13(8-11)20-3)21-10-14(17)16(2)9-15(18)19/h4-8H,9-10H2,1-3H3,(H,18,19)/b5-4+. The zero-order chi connectivity index (χ0) is 15.8. The number of carbonyl (C=O) groups excluding carboxylic acids is 1. The molecule has 0 aliphatic heterocycles. The topological polar surface area (TPSA) is 76.1 Å². The SMILES string of the molecule is C/C=C/c1ccc(OCC(=O)N(C)CC(=O)O)c(OC)c1. The van der Waals surface area contributed by atoms with Crippen LogP contribution >= 0.6 is 0 Å². The van der Waals surface area contributed by atoms with Gasteiger partial charge < -0.3 is 19.5 Å². The second-order valence-electron chi connectivity index (χ2n) is 4.34. The van der Waals surface area contributed by atoms with Gasteiger partial charge in [-0.2, -0.15) is 0 Å². The molecule has 6 nitrogen and oxygen atoms in total. The summed E-state index contributed by atoms with van der Waals surface area (Å²) in [4.78, 5) is 23.3. The first-order valence-electron chi connectivity index (χ1n) is 6.37. The zero-order valence-corrected chi connectivity index (χ0v) is 12.3. The van der Waals surface area contributed by atoms with E-state index in [1.54, 1.807) is 12.1 Å². The molecule has 0 fully saturated rings. The van der Waals surface area contributed by atoms with E-state index < -0.39 is 11.9 Å². The molecule has 0 aliphatic rings. The van der Waals surface area contributed by atoms with Crippen LogP contribution in [0.5, 0.6) is 11.5 Å². The summed E-state index contributed by atoms with van der Waals surface area (Å²) < 4.78 is 10.6. The Hall–Kier alpha value is -2.50. The van der Waals surface area contributed by atoms with E-state index in [1.165, 1.54) is 14.2 Å². The molecule has 0 atom stereocenters. The highest BCUT2D eigenvalue weighted by Gasteiger charge is 2.14. The summed E-state index contributed by atoms with van der Waals surface area (Å²) >= 11 is 0. The number of hydrogen-bond donors (Lipinski definition) is 1. The van der Waals surface area contributed by atoms with Crippen molar-refractivity contribution in [3.63, 3.8) is 0 Å². The fourth-order valence-electron chi connectivity index (χ4n) is 1.64. The molecular formula is C15H19NO5. The Morgan fingerprint density at radius 1 is 1.33 bits per heavy atom. The predicted molar refractivity (Wildman–Crippen MR) is 78.5 cm³/mol. The average molecular weight is 293 g/mol. The van der Waals surface area contributed by atoms with Crippen molar-refractivity contribution >= 4 is 18.0 Å². The lowest BCUT2D eigenvalue weighted by atomic mass is 10.2. The molecule has 0 saturated heterocycles. The first-order valence-corrected chi connectivity index (χ1v) is 6.37. The zero-order valence-electron chi connectivity index (χ0n) is 12.3. The van der Waals surface area contributed by atoms with Crippen LogP contribution in [0.2, 0.25) is 0 Å². The summed E-state index contributed by atoms with van der Waals surface area (Å²) in [6.45, 7) is 1.30. The van der Waals surface area contributed by atoms with E-state index >= 15 is 0 Å². The van der Waals surface area contributed by atoms with Gasteiger partial charge in [0.05, 0.1) is 7.11 Å². The van der Waals surface area contributed by atoms with Crippen LogP contribution in [-0.2, 0) is 9.59 Å². The minimum absolute atomic E-state index is 0.247. The van der Waals surface area contributed by atoms with Gasteiger partial charge in [-0.25, -0.2) is 0 Å². The van der Waals surface area contributed by atoms with E-state index in [-0.39, 0.29) is 13.2 Å². The molecule has 0 unspecified atom stereocenters. The average Bonchev–Trinajstić information content (AvgIpc) is 2.44. The van der Waals surface area contributed by atoms with E-state index in [2.05, 4.69) is 0 Å². The summed E-state index contributed by atoms with van der Waals surface area (Å²) in [5.41, 5.74) is 0.955. The number of benzene rings is 1. The Labute approximate surface area is 123 Å². The first-order chi connectivity index (χ1) is 9.97. The van der Waals surface area contributed by atoms with Crippen molar-refractivity contribution in [3.8, 4) is 11.5 Å². The van der Waals surface area contributed by atoms with Crippen LogP contribution in [0.15, 0.2) is 24.3 Å². The van der Waals surface area contributed by atoms with Gasteiger partial charge in [0.15, 0.2) is 18.1 Å². The van der Waals surface area contributed by atoms with Crippen LogP contribution in [-0.4, -0.2) is 49.2 Å². The number of amides is 1. The minimum Gasteiger partial charge on any atom is -0.493 e. The van der Waals surface area contributed by atoms with Crippen molar-refractivity contribution in [1.82, 2.24) is 4.90 Å². The second kappa shape index (κ2) is 7.94. The Morgan fingerprint density at radius 3 is 2.62 bits per heavy atom. The van der Waals surface area contributed by atoms with Crippen LogP contribution in [0, 0.1) is 0 Å². The molecule has 21 heavy (non-hydrogen) atoms. The van der Waals surface area contributed by atoms with E-state index in [9.17, 15) is 9.59 Å². The number of rotatable bonds is 7. The molecule has 0 bridgehead atoms. The molecule has 114 valence electrons. The van der Waals surface area contributed by atoms with Crippen LogP contribution in [0.4, 0.5) is 0 Å². The minimum atomic E-state index is -1.07. The molecule has 1 aromatic rings. The second-order valence-corrected chi connectivity index (χ2v) is 4.34. The van der Waals surface area contributed by atoms with Crippen molar-refractivity contribution in [2.45, 2.75) is 6.92 Å². The highest BCUT2D eigenvalue weighted by atomic mass is 16.5. The van der Waals surface area contributed by atoms with Gasteiger partial charge in [-0.05, 0) is 24.6 Å². The molecule has 0 aromatic heterocycles. The van der Waals surface area contributed by atoms with Crippen LogP contribution in [0.3, 0.4) is 0 Å². The highest BCUT2D eigenvalue weighted by molar-refractivity contribution is 5.82. The third-order valence-corrected chi connectivity index (χ3v) is 2.70. The largest absolute Gasteiger partial charge is 0.493 e.